The third kappa shape index (κ3) is 2.16. The van der Waals surface area contributed by atoms with Crippen LogP contribution >= 0.6 is 11.6 Å². The molecule has 1 aromatic heterocycles. The van der Waals surface area contributed by atoms with Crippen molar-refractivity contribution < 1.29 is 0 Å². The monoisotopic (exact) mass is 276 g/mol. The highest BCUT2D eigenvalue weighted by molar-refractivity contribution is 6.17. The summed E-state index contributed by atoms with van der Waals surface area (Å²) < 4.78 is 2.49. The van der Waals surface area contributed by atoms with E-state index in [2.05, 4.69) is 36.6 Å². The van der Waals surface area contributed by atoms with Gasteiger partial charge >= 0.3 is 0 Å². The van der Waals surface area contributed by atoms with Crippen LogP contribution in [0, 0.1) is 12.8 Å². The van der Waals surface area contributed by atoms with Crippen LogP contribution in [0.2, 0.25) is 0 Å². The zero-order valence-electron chi connectivity index (χ0n) is 11.7. The van der Waals surface area contributed by atoms with Gasteiger partial charge in [-0.25, -0.2) is 4.98 Å². The number of imidazole rings is 1. The van der Waals surface area contributed by atoms with Crippen LogP contribution in [0.3, 0.4) is 0 Å². The van der Waals surface area contributed by atoms with E-state index < -0.39 is 0 Å². The van der Waals surface area contributed by atoms with Gasteiger partial charge in [-0.15, -0.1) is 11.6 Å². The second-order valence-corrected chi connectivity index (χ2v) is 6.13. The molecule has 2 unspecified atom stereocenters. The van der Waals surface area contributed by atoms with Gasteiger partial charge in [0.25, 0.3) is 0 Å². The molecule has 1 aliphatic rings. The highest BCUT2D eigenvalue weighted by Crippen LogP contribution is 2.39. The minimum absolute atomic E-state index is 0.601. The second-order valence-electron chi connectivity index (χ2n) is 5.76. The molecule has 0 spiro atoms. The van der Waals surface area contributed by atoms with E-state index in [0.717, 1.165) is 23.7 Å². The average molecular weight is 277 g/mol. The van der Waals surface area contributed by atoms with Gasteiger partial charge in [0.1, 0.15) is 5.82 Å². The van der Waals surface area contributed by atoms with Gasteiger partial charge in [0, 0.05) is 18.3 Å². The molecule has 3 heteroatoms. The Morgan fingerprint density at radius 2 is 2.21 bits per heavy atom. The SMILES string of the molecule is Cc1cccc2nc(CCCl)n(C3CCCC3C)c12. The van der Waals surface area contributed by atoms with Crippen LogP contribution in [0.25, 0.3) is 11.0 Å². The molecule has 2 aromatic rings. The molecule has 102 valence electrons. The average Bonchev–Trinajstić information content (AvgIpc) is 2.94. The Hall–Kier alpha value is -1.02. The fourth-order valence-corrected chi connectivity index (χ4v) is 3.67. The number of para-hydroxylation sites is 1. The van der Waals surface area contributed by atoms with Crippen molar-refractivity contribution in [3.63, 3.8) is 0 Å². The lowest BCUT2D eigenvalue weighted by molar-refractivity contribution is 0.406. The smallest absolute Gasteiger partial charge is 0.111 e. The number of nitrogens with zero attached hydrogens (tertiary/aromatic N) is 2. The molecule has 0 bridgehead atoms. The van der Waals surface area contributed by atoms with Crippen molar-refractivity contribution in [1.29, 1.82) is 0 Å². The molecule has 1 saturated carbocycles. The quantitative estimate of drug-likeness (QED) is 0.756. The summed E-state index contributed by atoms with van der Waals surface area (Å²) in [6, 6.07) is 7.00. The molecule has 1 fully saturated rings. The second kappa shape index (κ2) is 5.16. The number of halogens is 1. The van der Waals surface area contributed by atoms with Crippen LogP contribution in [0.5, 0.6) is 0 Å². The summed E-state index contributed by atoms with van der Waals surface area (Å²) in [6.45, 7) is 4.55. The Labute approximate surface area is 119 Å². The zero-order valence-corrected chi connectivity index (χ0v) is 12.5. The predicted octanol–water partition coefficient (Wildman–Crippen LogP) is 4.49. The first-order chi connectivity index (χ1) is 9.22. The maximum absolute atomic E-state index is 5.97. The summed E-state index contributed by atoms with van der Waals surface area (Å²) in [7, 11) is 0. The highest BCUT2D eigenvalue weighted by Gasteiger charge is 2.28. The molecule has 1 aliphatic carbocycles. The predicted molar refractivity (Wildman–Crippen MR) is 80.9 cm³/mol. The van der Waals surface area contributed by atoms with E-state index in [-0.39, 0.29) is 0 Å². The number of aryl methyl sites for hydroxylation is 2. The van der Waals surface area contributed by atoms with Crippen molar-refractivity contribution in [2.75, 3.05) is 5.88 Å². The molecule has 1 heterocycles. The Balaban J connectivity index is 2.20. The lowest BCUT2D eigenvalue weighted by atomic mass is 10.1. The van der Waals surface area contributed by atoms with Crippen molar-refractivity contribution in [3.8, 4) is 0 Å². The Kier molecular flexibility index (Phi) is 3.53. The van der Waals surface area contributed by atoms with Crippen LogP contribution in [-0.2, 0) is 6.42 Å². The Morgan fingerprint density at radius 1 is 1.37 bits per heavy atom. The highest BCUT2D eigenvalue weighted by atomic mass is 35.5. The molecule has 0 saturated heterocycles. The molecular formula is C16H21ClN2. The first-order valence-electron chi connectivity index (χ1n) is 7.24. The van der Waals surface area contributed by atoms with Gasteiger partial charge in [0.15, 0.2) is 0 Å². The summed E-state index contributed by atoms with van der Waals surface area (Å²) in [5, 5.41) is 0. The lowest BCUT2D eigenvalue weighted by Crippen LogP contribution is -2.15. The van der Waals surface area contributed by atoms with Crippen molar-refractivity contribution in [3.05, 3.63) is 29.6 Å². The van der Waals surface area contributed by atoms with Gasteiger partial charge in [0.2, 0.25) is 0 Å². The van der Waals surface area contributed by atoms with E-state index in [1.165, 1.54) is 30.3 Å². The number of fused-ring (bicyclic) bond motifs is 1. The maximum Gasteiger partial charge on any atom is 0.111 e. The minimum Gasteiger partial charge on any atom is -0.324 e. The number of rotatable bonds is 3. The summed E-state index contributed by atoms with van der Waals surface area (Å²) in [5.74, 6) is 2.55. The van der Waals surface area contributed by atoms with Crippen LogP contribution in [0.15, 0.2) is 18.2 Å². The fourth-order valence-electron chi connectivity index (χ4n) is 3.50. The molecule has 2 nitrogen and oxygen atoms in total. The van der Waals surface area contributed by atoms with Gasteiger partial charge in [0.05, 0.1) is 11.0 Å². The van der Waals surface area contributed by atoms with E-state index in [0.29, 0.717) is 11.9 Å². The van der Waals surface area contributed by atoms with Gasteiger partial charge in [-0.3, -0.25) is 0 Å². The Morgan fingerprint density at radius 3 is 2.89 bits per heavy atom. The minimum atomic E-state index is 0.601. The number of hydrogen-bond donors (Lipinski definition) is 0. The maximum atomic E-state index is 5.97. The molecule has 0 amide bonds. The van der Waals surface area contributed by atoms with E-state index >= 15 is 0 Å². The topological polar surface area (TPSA) is 17.8 Å². The largest absolute Gasteiger partial charge is 0.324 e. The first kappa shape index (κ1) is 13.0. The van der Waals surface area contributed by atoms with Gasteiger partial charge in [-0.2, -0.15) is 0 Å². The normalized spacial score (nSPS) is 23.3. The van der Waals surface area contributed by atoms with Crippen LogP contribution in [0.4, 0.5) is 0 Å². The van der Waals surface area contributed by atoms with Gasteiger partial charge < -0.3 is 4.57 Å². The summed E-state index contributed by atoms with van der Waals surface area (Å²) >= 11 is 5.97. The molecule has 0 radical (unpaired) electrons. The number of alkyl halides is 1. The van der Waals surface area contributed by atoms with Crippen LogP contribution in [-0.4, -0.2) is 15.4 Å². The van der Waals surface area contributed by atoms with Crippen molar-refractivity contribution in [2.45, 2.75) is 45.6 Å². The molecule has 1 aromatic carbocycles. The number of benzene rings is 1. The van der Waals surface area contributed by atoms with Gasteiger partial charge in [-0.1, -0.05) is 25.5 Å². The van der Waals surface area contributed by atoms with Crippen molar-refractivity contribution in [2.24, 2.45) is 5.92 Å². The molecular weight excluding hydrogens is 256 g/mol. The first-order valence-corrected chi connectivity index (χ1v) is 7.78. The third-order valence-electron chi connectivity index (χ3n) is 4.45. The van der Waals surface area contributed by atoms with Gasteiger partial charge in [-0.05, 0) is 37.3 Å². The summed E-state index contributed by atoms with van der Waals surface area (Å²) in [6.07, 6.45) is 4.80. The van der Waals surface area contributed by atoms with E-state index in [1.54, 1.807) is 0 Å². The molecule has 19 heavy (non-hydrogen) atoms. The standard InChI is InChI=1S/C16H21ClN2/c1-11-5-4-8-14(11)19-15(9-10-17)18-13-7-3-6-12(2)16(13)19/h3,6-7,11,14H,4-5,8-10H2,1-2H3. The Bertz CT molecular complexity index is 588. The van der Waals surface area contributed by atoms with E-state index in [9.17, 15) is 0 Å². The summed E-state index contributed by atoms with van der Waals surface area (Å²) in [4.78, 5) is 4.82. The fraction of sp³-hybridized carbons (Fsp3) is 0.562. The van der Waals surface area contributed by atoms with E-state index in [1.807, 2.05) is 0 Å². The lowest BCUT2D eigenvalue weighted by Gasteiger charge is -2.21. The van der Waals surface area contributed by atoms with Crippen LogP contribution < -0.4 is 0 Å². The molecule has 0 aliphatic heterocycles. The molecule has 2 atom stereocenters. The third-order valence-corrected chi connectivity index (χ3v) is 4.64. The van der Waals surface area contributed by atoms with E-state index in [4.69, 9.17) is 16.6 Å². The molecule has 0 N–H and O–H groups in total. The summed E-state index contributed by atoms with van der Waals surface area (Å²) in [5.41, 5.74) is 3.77. The van der Waals surface area contributed by atoms with Crippen LogP contribution in [0.1, 0.15) is 43.6 Å². The van der Waals surface area contributed by atoms with Crippen molar-refractivity contribution >= 4 is 22.6 Å². The number of aromatic nitrogens is 2. The van der Waals surface area contributed by atoms with Crippen molar-refractivity contribution in [1.82, 2.24) is 9.55 Å². The molecule has 3 rings (SSSR count). The number of hydrogen-bond acceptors (Lipinski definition) is 1. The zero-order chi connectivity index (χ0) is 13.4.